The summed E-state index contributed by atoms with van der Waals surface area (Å²) < 4.78 is 0. The van der Waals surface area contributed by atoms with Gasteiger partial charge in [-0.05, 0) is 30.3 Å². The van der Waals surface area contributed by atoms with Crippen molar-refractivity contribution in [3.8, 4) is 11.8 Å². The number of benzene rings is 1. The molecule has 0 amide bonds. The van der Waals surface area contributed by atoms with E-state index in [-0.39, 0.29) is 6.61 Å². The Labute approximate surface area is 119 Å². The van der Waals surface area contributed by atoms with Crippen molar-refractivity contribution in [3.05, 3.63) is 65.5 Å². The van der Waals surface area contributed by atoms with E-state index in [0.717, 1.165) is 18.7 Å². The fourth-order valence-corrected chi connectivity index (χ4v) is 2.06. The van der Waals surface area contributed by atoms with Crippen molar-refractivity contribution in [2.45, 2.75) is 13.1 Å². The molecule has 0 aliphatic rings. The lowest BCUT2D eigenvalue weighted by molar-refractivity contribution is 0.318. The molecule has 20 heavy (non-hydrogen) atoms. The van der Waals surface area contributed by atoms with Crippen LogP contribution in [0.5, 0.6) is 0 Å². The molecule has 0 fully saturated rings. The molecule has 0 aliphatic carbocycles. The van der Waals surface area contributed by atoms with Crippen LogP contribution in [0.3, 0.4) is 0 Å². The predicted octanol–water partition coefficient (Wildman–Crippen LogP) is 2.06. The third-order valence-corrected chi connectivity index (χ3v) is 2.94. The van der Waals surface area contributed by atoms with Crippen molar-refractivity contribution in [3.63, 3.8) is 0 Å². The fourth-order valence-electron chi connectivity index (χ4n) is 2.06. The van der Waals surface area contributed by atoms with Crippen LogP contribution in [0.1, 0.15) is 16.7 Å². The lowest BCUT2D eigenvalue weighted by atomic mass is 10.1. The Bertz CT molecular complexity index is 599. The molecular weight excluding hydrogens is 248 g/mol. The van der Waals surface area contributed by atoms with E-state index in [4.69, 9.17) is 5.11 Å². The standard InChI is InChI=1S/C17H18N2O/c1-19(13-15-6-4-10-18-12-15)14-17-8-3-2-7-16(17)9-5-11-20/h2-4,6-8,10,12,20H,11,13-14H2,1H3. The maximum atomic E-state index is 8.80. The van der Waals surface area contributed by atoms with Crippen LogP contribution in [-0.4, -0.2) is 28.6 Å². The molecule has 102 valence electrons. The molecule has 1 heterocycles. The summed E-state index contributed by atoms with van der Waals surface area (Å²) in [5.74, 6) is 5.70. The van der Waals surface area contributed by atoms with Gasteiger partial charge in [0.05, 0.1) is 0 Å². The predicted molar refractivity (Wildman–Crippen MR) is 79.8 cm³/mol. The Kier molecular flexibility index (Phi) is 5.31. The number of pyridine rings is 1. The third kappa shape index (κ3) is 4.20. The molecule has 0 bridgehead atoms. The second kappa shape index (κ2) is 7.44. The van der Waals surface area contributed by atoms with Gasteiger partial charge in [0.15, 0.2) is 0 Å². The number of hydrogen-bond donors (Lipinski definition) is 1. The average Bonchev–Trinajstić information content (AvgIpc) is 2.47. The minimum absolute atomic E-state index is 0.111. The maximum absolute atomic E-state index is 8.80. The van der Waals surface area contributed by atoms with Crippen LogP contribution in [0.4, 0.5) is 0 Å². The zero-order chi connectivity index (χ0) is 14.2. The molecule has 1 aromatic carbocycles. The molecule has 0 radical (unpaired) electrons. The SMILES string of the molecule is CN(Cc1cccnc1)Cc1ccccc1C#CCO. The number of aliphatic hydroxyl groups excluding tert-OH is 1. The highest BCUT2D eigenvalue weighted by Gasteiger charge is 2.04. The summed E-state index contributed by atoms with van der Waals surface area (Å²) in [7, 11) is 2.07. The van der Waals surface area contributed by atoms with Crippen LogP contribution >= 0.6 is 0 Å². The molecule has 1 N–H and O–H groups in total. The zero-order valence-electron chi connectivity index (χ0n) is 11.6. The van der Waals surface area contributed by atoms with E-state index in [1.165, 1.54) is 11.1 Å². The van der Waals surface area contributed by atoms with Gasteiger partial charge in [-0.2, -0.15) is 0 Å². The lowest BCUT2D eigenvalue weighted by Gasteiger charge is -2.17. The number of nitrogens with zero attached hydrogens (tertiary/aromatic N) is 2. The summed E-state index contributed by atoms with van der Waals surface area (Å²) in [4.78, 5) is 6.34. The van der Waals surface area contributed by atoms with Crippen molar-refractivity contribution < 1.29 is 5.11 Å². The van der Waals surface area contributed by atoms with Crippen molar-refractivity contribution in [2.24, 2.45) is 0 Å². The largest absolute Gasteiger partial charge is 0.384 e. The zero-order valence-corrected chi connectivity index (χ0v) is 11.6. The molecule has 3 heteroatoms. The Balaban J connectivity index is 2.06. The molecule has 1 aromatic heterocycles. The van der Waals surface area contributed by atoms with Crippen molar-refractivity contribution >= 4 is 0 Å². The van der Waals surface area contributed by atoms with Gasteiger partial charge >= 0.3 is 0 Å². The van der Waals surface area contributed by atoms with Gasteiger partial charge in [-0.15, -0.1) is 0 Å². The molecular formula is C17H18N2O. The second-order valence-corrected chi connectivity index (χ2v) is 4.65. The number of rotatable bonds is 4. The van der Waals surface area contributed by atoms with Crippen LogP contribution in [0.25, 0.3) is 0 Å². The van der Waals surface area contributed by atoms with E-state index in [2.05, 4.69) is 40.9 Å². The van der Waals surface area contributed by atoms with Gasteiger partial charge in [-0.1, -0.05) is 36.1 Å². The highest BCUT2D eigenvalue weighted by atomic mass is 16.2. The molecule has 0 saturated heterocycles. The topological polar surface area (TPSA) is 36.4 Å². The van der Waals surface area contributed by atoms with Crippen LogP contribution in [-0.2, 0) is 13.1 Å². The normalized spacial score (nSPS) is 10.2. The molecule has 2 aromatic rings. The number of aliphatic hydroxyl groups is 1. The summed E-state index contributed by atoms with van der Waals surface area (Å²) in [5.41, 5.74) is 3.33. The van der Waals surface area contributed by atoms with Crippen LogP contribution in [0, 0.1) is 11.8 Å². The van der Waals surface area contributed by atoms with Gasteiger partial charge in [-0.25, -0.2) is 0 Å². The van der Waals surface area contributed by atoms with Gasteiger partial charge in [0.1, 0.15) is 6.61 Å². The van der Waals surface area contributed by atoms with Crippen molar-refractivity contribution in [1.82, 2.24) is 9.88 Å². The average molecular weight is 266 g/mol. The van der Waals surface area contributed by atoms with Crippen LogP contribution in [0.2, 0.25) is 0 Å². The van der Waals surface area contributed by atoms with Gasteiger partial charge in [0.25, 0.3) is 0 Å². The van der Waals surface area contributed by atoms with Crippen molar-refractivity contribution in [2.75, 3.05) is 13.7 Å². The lowest BCUT2D eigenvalue weighted by Crippen LogP contribution is -2.18. The van der Waals surface area contributed by atoms with E-state index in [1.807, 2.05) is 30.5 Å². The molecule has 0 spiro atoms. The summed E-state index contributed by atoms with van der Waals surface area (Å²) in [6.07, 6.45) is 3.66. The highest BCUT2D eigenvalue weighted by molar-refractivity contribution is 5.41. The second-order valence-electron chi connectivity index (χ2n) is 4.65. The monoisotopic (exact) mass is 266 g/mol. The number of hydrogen-bond acceptors (Lipinski definition) is 3. The maximum Gasteiger partial charge on any atom is 0.104 e. The van der Waals surface area contributed by atoms with E-state index in [9.17, 15) is 0 Å². The molecule has 3 nitrogen and oxygen atoms in total. The molecule has 0 atom stereocenters. The molecule has 0 unspecified atom stereocenters. The van der Waals surface area contributed by atoms with Crippen LogP contribution in [0.15, 0.2) is 48.8 Å². The van der Waals surface area contributed by atoms with E-state index >= 15 is 0 Å². The minimum Gasteiger partial charge on any atom is -0.384 e. The fraction of sp³-hybridized carbons (Fsp3) is 0.235. The smallest absolute Gasteiger partial charge is 0.104 e. The first kappa shape index (κ1) is 14.3. The minimum atomic E-state index is -0.111. The van der Waals surface area contributed by atoms with Gasteiger partial charge in [0, 0.05) is 31.0 Å². The number of aromatic nitrogens is 1. The van der Waals surface area contributed by atoms with Gasteiger partial charge in [0.2, 0.25) is 0 Å². The molecule has 2 rings (SSSR count). The Morgan fingerprint density at radius 3 is 2.75 bits per heavy atom. The first-order valence-corrected chi connectivity index (χ1v) is 6.54. The highest BCUT2D eigenvalue weighted by Crippen LogP contribution is 2.11. The van der Waals surface area contributed by atoms with Gasteiger partial charge < -0.3 is 5.11 Å². The van der Waals surface area contributed by atoms with Crippen LogP contribution < -0.4 is 0 Å². The van der Waals surface area contributed by atoms with E-state index in [1.54, 1.807) is 6.20 Å². The van der Waals surface area contributed by atoms with E-state index < -0.39 is 0 Å². The third-order valence-electron chi connectivity index (χ3n) is 2.94. The Hall–Kier alpha value is -2.15. The summed E-state index contributed by atoms with van der Waals surface area (Å²) in [6, 6.07) is 12.0. The summed E-state index contributed by atoms with van der Waals surface area (Å²) in [6.45, 7) is 1.54. The quantitative estimate of drug-likeness (QED) is 0.861. The van der Waals surface area contributed by atoms with E-state index in [0.29, 0.717) is 0 Å². The molecule has 0 aliphatic heterocycles. The summed E-state index contributed by atoms with van der Waals surface area (Å²) >= 11 is 0. The van der Waals surface area contributed by atoms with Crippen molar-refractivity contribution in [1.29, 1.82) is 0 Å². The Morgan fingerprint density at radius 2 is 2.00 bits per heavy atom. The van der Waals surface area contributed by atoms with Gasteiger partial charge in [-0.3, -0.25) is 9.88 Å². The summed E-state index contributed by atoms with van der Waals surface area (Å²) in [5, 5.41) is 8.80. The first-order valence-electron chi connectivity index (χ1n) is 6.54. The molecule has 0 saturated carbocycles. The Morgan fingerprint density at radius 1 is 1.15 bits per heavy atom. The first-order chi connectivity index (χ1) is 9.79.